The van der Waals surface area contributed by atoms with Crippen LogP contribution in [0.4, 0.5) is 11.4 Å². The molecule has 7 rings (SSSR count). The second-order valence-electron chi connectivity index (χ2n) is 16.3. The maximum atomic E-state index is 13.5. The zero-order valence-corrected chi connectivity index (χ0v) is 37.8. The highest BCUT2D eigenvalue weighted by molar-refractivity contribution is 7.99. The summed E-state index contributed by atoms with van der Waals surface area (Å²) in [6.45, 7) is 12.1. The van der Waals surface area contributed by atoms with E-state index in [1.54, 1.807) is 42.1 Å². The molecule has 5 aromatic carbocycles. The van der Waals surface area contributed by atoms with Crippen LogP contribution in [0.1, 0.15) is 27.9 Å². The predicted octanol–water partition coefficient (Wildman–Crippen LogP) is 7.34. The van der Waals surface area contributed by atoms with Gasteiger partial charge in [0.15, 0.2) is 0 Å². The Labute approximate surface area is 372 Å². The number of carbonyl (C=O) groups excluding carboxylic acids is 1. The van der Waals surface area contributed by atoms with E-state index >= 15 is 0 Å². The molecule has 328 valence electrons. The highest BCUT2D eigenvalue weighted by Crippen LogP contribution is 2.29. The van der Waals surface area contributed by atoms with Gasteiger partial charge in [0.25, 0.3) is 15.9 Å². The number of aryl methyl sites for hydroxylation is 1. The van der Waals surface area contributed by atoms with Gasteiger partial charge in [0.2, 0.25) is 0 Å². The fourth-order valence-electron chi connectivity index (χ4n) is 7.74. The van der Waals surface area contributed by atoms with Crippen LogP contribution < -0.4 is 19.7 Å². The molecule has 0 aliphatic carbocycles. The van der Waals surface area contributed by atoms with Gasteiger partial charge in [-0.1, -0.05) is 54.6 Å². The maximum absolute atomic E-state index is 13.5. The van der Waals surface area contributed by atoms with Crippen molar-refractivity contribution in [3.8, 4) is 16.9 Å². The molecular formula is C49H60N6O5S2. The van der Waals surface area contributed by atoms with Crippen LogP contribution in [0.2, 0.25) is 0 Å². The highest BCUT2D eigenvalue weighted by atomic mass is 32.2. The third-order valence-corrected chi connectivity index (χ3v) is 13.9. The monoisotopic (exact) mass is 876 g/mol. The van der Waals surface area contributed by atoms with Gasteiger partial charge in [-0.3, -0.25) is 14.6 Å². The molecule has 2 N–H and O–H groups in total. The first-order chi connectivity index (χ1) is 30.1. The Balaban J connectivity index is 0.906. The number of amides is 1. The van der Waals surface area contributed by atoms with Gasteiger partial charge in [-0.2, -0.15) is 0 Å². The average Bonchev–Trinajstić information content (AvgIpc) is 3.29. The molecule has 11 nitrogen and oxygen atoms in total. The molecule has 13 heteroatoms. The summed E-state index contributed by atoms with van der Waals surface area (Å²) in [4.78, 5) is 23.9. The van der Waals surface area contributed by atoms with Crippen molar-refractivity contribution in [1.82, 2.24) is 19.4 Å². The summed E-state index contributed by atoms with van der Waals surface area (Å²) in [5, 5.41) is 3.69. The predicted molar refractivity (Wildman–Crippen MR) is 252 cm³/mol. The Bertz CT molecular complexity index is 2300. The minimum atomic E-state index is -4.11. The van der Waals surface area contributed by atoms with Crippen molar-refractivity contribution in [2.45, 2.75) is 35.7 Å². The van der Waals surface area contributed by atoms with Crippen LogP contribution in [0, 0.1) is 6.92 Å². The van der Waals surface area contributed by atoms with Gasteiger partial charge in [-0.05, 0) is 116 Å². The van der Waals surface area contributed by atoms with E-state index in [4.69, 9.17) is 9.47 Å². The molecule has 2 heterocycles. The summed E-state index contributed by atoms with van der Waals surface area (Å²) >= 11 is 1.81. The molecule has 0 aromatic heterocycles. The van der Waals surface area contributed by atoms with Crippen molar-refractivity contribution in [3.63, 3.8) is 0 Å². The van der Waals surface area contributed by atoms with Crippen LogP contribution in [0.3, 0.4) is 0 Å². The van der Waals surface area contributed by atoms with Crippen molar-refractivity contribution >= 4 is 39.1 Å². The lowest BCUT2D eigenvalue weighted by Crippen LogP contribution is -2.46. The number of morpholine rings is 1. The molecule has 0 bridgehead atoms. The molecule has 2 saturated heterocycles. The normalized spacial score (nSPS) is 15.6. The van der Waals surface area contributed by atoms with Gasteiger partial charge in [-0.15, -0.1) is 11.8 Å². The lowest BCUT2D eigenvalue weighted by atomic mass is 9.99. The summed E-state index contributed by atoms with van der Waals surface area (Å²) in [6, 6.07) is 39.6. The number of nitrogens with one attached hydrogen (secondary N) is 2. The van der Waals surface area contributed by atoms with Crippen LogP contribution >= 0.6 is 11.8 Å². The number of ether oxygens (including phenoxy) is 2. The fourth-order valence-corrected chi connectivity index (χ4v) is 9.80. The van der Waals surface area contributed by atoms with Crippen molar-refractivity contribution in [2.75, 3.05) is 102 Å². The molecule has 0 spiro atoms. The van der Waals surface area contributed by atoms with Gasteiger partial charge in [0.1, 0.15) is 12.4 Å². The minimum Gasteiger partial charge on any atom is -0.492 e. The Morgan fingerprint density at radius 3 is 2.24 bits per heavy atom. The number of anilines is 2. The number of nitrogens with zero attached hydrogens (tertiary/aromatic N) is 4. The number of thioether (sulfide) groups is 1. The molecule has 2 aliphatic rings. The van der Waals surface area contributed by atoms with E-state index < -0.39 is 15.9 Å². The van der Waals surface area contributed by atoms with Crippen LogP contribution in [-0.4, -0.2) is 127 Å². The SMILES string of the molecule is Cc1cc(S(=O)(=O)NC(=O)c2ccc(N3CCN(Cc4ccccc4-c4ccc(OCCN(C)C)cc4)CC3)cc2)ccc1N[C@H](CCN1CCOCC1)CSc1ccccc1. The lowest BCUT2D eigenvalue weighted by Gasteiger charge is -2.36. The van der Waals surface area contributed by atoms with E-state index in [1.165, 1.54) is 21.6 Å². The van der Waals surface area contributed by atoms with Gasteiger partial charge in [-0.25, -0.2) is 13.1 Å². The molecule has 5 aromatic rings. The van der Waals surface area contributed by atoms with E-state index in [-0.39, 0.29) is 16.5 Å². The van der Waals surface area contributed by atoms with Crippen LogP contribution in [0.15, 0.2) is 131 Å². The maximum Gasteiger partial charge on any atom is 0.264 e. The third kappa shape index (κ3) is 12.8. The molecular weight excluding hydrogens is 817 g/mol. The summed E-state index contributed by atoms with van der Waals surface area (Å²) in [5.41, 5.74) is 6.64. The quantitative estimate of drug-likeness (QED) is 0.0815. The van der Waals surface area contributed by atoms with Crippen LogP contribution in [-0.2, 0) is 21.3 Å². The smallest absolute Gasteiger partial charge is 0.264 e. The Kier molecular flexibility index (Phi) is 16.0. The van der Waals surface area contributed by atoms with Crippen molar-refractivity contribution in [2.24, 2.45) is 0 Å². The lowest BCUT2D eigenvalue weighted by molar-refractivity contribution is 0.0370. The third-order valence-electron chi connectivity index (χ3n) is 11.4. The molecule has 0 saturated carbocycles. The standard InChI is InChI=1S/C49H60N6O5S2/c1-38-35-46(21-22-48(38)50-42(23-24-53-30-32-59-33-31-53)37-61-45-10-5-4-6-11-45)62(57,58)51-49(56)40-13-17-43(18-14-40)55-27-25-54(26-28-55)36-41-9-7-8-12-47(41)39-15-19-44(20-16-39)60-34-29-52(2)3/h4-22,35,42,50H,23-34,36-37H2,1-3H3,(H,51,56)/t42-/m1/s1. The Hall–Kier alpha value is -4.89. The van der Waals surface area contributed by atoms with Gasteiger partial charge in [0, 0.05) is 92.5 Å². The van der Waals surface area contributed by atoms with Gasteiger partial charge in [0.05, 0.1) is 18.1 Å². The number of likely N-dealkylation sites (N-methyl/N-ethyl adjacent to an activating group) is 1. The molecule has 1 amide bonds. The summed E-state index contributed by atoms with van der Waals surface area (Å²) in [5.74, 6) is 1.08. The summed E-state index contributed by atoms with van der Waals surface area (Å²) in [7, 11) is -0.0316. The highest BCUT2D eigenvalue weighted by Gasteiger charge is 2.23. The van der Waals surface area contributed by atoms with Crippen molar-refractivity contribution < 1.29 is 22.7 Å². The van der Waals surface area contributed by atoms with E-state index in [9.17, 15) is 13.2 Å². The van der Waals surface area contributed by atoms with Crippen molar-refractivity contribution in [1.29, 1.82) is 0 Å². The second kappa shape index (κ2) is 22.0. The Morgan fingerprint density at radius 2 is 1.53 bits per heavy atom. The number of carbonyl (C=O) groups is 1. The molecule has 2 fully saturated rings. The number of sulfonamides is 1. The first kappa shape index (κ1) is 45.1. The van der Waals surface area contributed by atoms with Gasteiger partial charge < -0.3 is 24.6 Å². The average molecular weight is 877 g/mol. The Morgan fingerprint density at radius 1 is 0.823 bits per heavy atom. The summed E-state index contributed by atoms with van der Waals surface area (Å²) < 4.78 is 40.7. The zero-order chi connectivity index (χ0) is 43.3. The number of hydrogen-bond acceptors (Lipinski definition) is 11. The second-order valence-corrected chi connectivity index (χ2v) is 19.0. The molecule has 62 heavy (non-hydrogen) atoms. The fraction of sp³-hybridized carbons (Fsp3) is 0.367. The molecule has 0 radical (unpaired) electrons. The first-order valence-corrected chi connectivity index (χ1v) is 24.0. The first-order valence-electron chi connectivity index (χ1n) is 21.6. The zero-order valence-electron chi connectivity index (χ0n) is 36.2. The van der Waals surface area contributed by atoms with Crippen LogP contribution in [0.25, 0.3) is 11.1 Å². The van der Waals surface area contributed by atoms with Crippen LogP contribution in [0.5, 0.6) is 5.75 Å². The number of hydrogen-bond donors (Lipinski definition) is 2. The minimum absolute atomic E-state index is 0.0493. The summed E-state index contributed by atoms with van der Waals surface area (Å²) in [6.07, 6.45) is 0.935. The van der Waals surface area contributed by atoms with Crippen molar-refractivity contribution in [3.05, 3.63) is 138 Å². The van der Waals surface area contributed by atoms with E-state index in [0.717, 1.165) is 107 Å². The number of benzene rings is 5. The van der Waals surface area contributed by atoms with E-state index in [1.807, 2.05) is 63.5 Å². The van der Waals surface area contributed by atoms with E-state index in [0.29, 0.717) is 6.61 Å². The topological polar surface area (TPSA) is 107 Å². The number of piperazine rings is 1. The van der Waals surface area contributed by atoms with Gasteiger partial charge >= 0.3 is 0 Å². The number of rotatable bonds is 19. The largest absolute Gasteiger partial charge is 0.492 e. The molecule has 1 atom stereocenters. The molecule has 2 aliphatic heterocycles. The van der Waals surface area contributed by atoms with E-state index in [2.05, 4.69) is 78.2 Å². The molecule has 0 unspecified atom stereocenters.